The average molecular weight is 453 g/mol. The van der Waals surface area contributed by atoms with Gasteiger partial charge in [-0.05, 0) is 50.8 Å². The summed E-state index contributed by atoms with van der Waals surface area (Å²) >= 11 is 0. The van der Waals surface area contributed by atoms with Crippen LogP contribution in [0.25, 0.3) is 0 Å². The van der Waals surface area contributed by atoms with Crippen LogP contribution in [-0.4, -0.2) is 82.8 Å². The molecule has 33 heavy (non-hydrogen) atoms. The maximum absolute atomic E-state index is 13.2. The van der Waals surface area contributed by atoms with Crippen LogP contribution < -0.4 is 11.1 Å². The normalized spacial score (nSPS) is 24.8. The van der Waals surface area contributed by atoms with E-state index >= 15 is 0 Å². The smallest absolute Gasteiger partial charge is 0.251 e. The van der Waals surface area contributed by atoms with E-state index in [2.05, 4.69) is 11.4 Å². The van der Waals surface area contributed by atoms with Crippen molar-refractivity contribution in [3.05, 3.63) is 35.4 Å². The van der Waals surface area contributed by atoms with Crippen LogP contribution in [0.2, 0.25) is 0 Å². The van der Waals surface area contributed by atoms with E-state index in [0.717, 1.165) is 24.8 Å². The number of benzene rings is 1. The molecule has 3 aliphatic rings. The predicted octanol–water partition coefficient (Wildman–Crippen LogP) is 0.623. The number of nitrogens with zero attached hydrogens (tertiary/aromatic N) is 4. The van der Waals surface area contributed by atoms with Crippen molar-refractivity contribution >= 4 is 17.7 Å². The Hall–Kier alpha value is -2.96. The Morgan fingerprint density at radius 3 is 2.48 bits per heavy atom. The fraction of sp³-hybridized carbons (Fsp3) is 0.583. The third kappa shape index (κ3) is 4.33. The van der Waals surface area contributed by atoms with Gasteiger partial charge in [-0.25, -0.2) is 0 Å². The molecule has 1 aromatic carbocycles. The van der Waals surface area contributed by atoms with Gasteiger partial charge in [0.1, 0.15) is 6.04 Å². The van der Waals surface area contributed by atoms with Gasteiger partial charge in [0.25, 0.3) is 5.91 Å². The van der Waals surface area contributed by atoms with Crippen molar-refractivity contribution < 1.29 is 14.4 Å². The SMILES string of the molecule is CNC(=O)c1ccc(C(C)N2C(=O)[C@@H]3C[C@H]2CN3CC(N)C(=O)N(C(C)C#N)C2CC2)cc1. The Morgan fingerprint density at radius 1 is 1.27 bits per heavy atom. The Labute approximate surface area is 194 Å². The molecule has 3 unspecified atom stereocenters. The van der Waals surface area contributed by atoms with Gasteiger partial charge in [-0.1, -0.05) is 12.1 Å². The quantitative estimate of drug-likeness (QED) is 0.596. The van der Waals surface area contributed by atoms with Gasteiger partial charge in [-0.2, -0.15) is 5.26 Å². The molecule has 5 atom stereocenters. The number of rotatable bonds is 8. The topological polar surface area (TPSA) is 123 Å². The van der Waals surface area contributed by atoms with E-state index < -0.39 is 12.1 Å². The molecule has 9 heteroatoms. The Kier molecular flexibility index (Phi) is 6.41. The van der Waals surface area contributed by atoms with E-state index in [-0.39, 0.29) is 41.9 Å². The fourth-order valence-electron chi connectivity index (χ4n) is 5.24. The molecule has 1 aliphatic carbocycles. The molecule has 2 saturated heterocycles. The van der Waals surface area contributed by atoms with Crippen molar-refractivity contribution in [3.8, 4) is 6.07 Å². The first-order valence-corrected chi connectivity index (χ1v) is 11.6. The highest BCUT2D eigenvalue weighted by Gasteiger charge is 2.51. The number of nitrogens with two attached hydrogens (primary N) is 1. The first kappa shape index (κ1) is 23.2. The number of nitriles is 1. The lowest BCUT2D eigenvalue weighted by molar-refractivity contribution is -0.141. The van der Waals surface area contributed by atoms with Crippen LogP contribution >= 0.6 is 0 Å². The summed E-state index contributed by atoms with van der Waals surface area (Å²) in [6, 6.07) is 8.02. The number of carbonyl (C=O) groups is 3. The van der Waals surface area contributed by atoms with Gasteiger partial charge in [-0.15, -0.1) is 0 Å². The van der Waals surface area contributed by atoms with E-state index in [9.17, 15) is 19.6 Å². The summed E-state index contributed by atoms with van der Waals surface area (Å²) in [7, 11) is 1.59. The minimum atomic E-state index is -0.753. The molecular weight excluding hydrogens is 420 g/mol. The number of nitrogens with one attached hydrogen (secondary N) is 1. The molecule has 4 rings (SSSR count). The van der Waals surface area contributed by atoms with Gasteiger partial charge >= 0.3 is 0 Å². The summed E-state index contributed by atoms with van der Waals surface area (Å²) in [5.41, 5.74) is 7.83. The monoisotopic (exact) mass is 452 g/mol. The van der Waals surface area contributed by atoms with Crippen molar-refractivity contribution in [1.82, 2.24) is 20.0 Å². The summed E-state index contributed by atoms with van der Waals surface area (Å²) in [6.07, 6.45) is 2.55. The summed E-state index contributed by atoms with van der Waals surface area (Å²) < 4.78 is 0. The molecule has 9 nitrogen and oxygen atoms in total. The van der Waals surface area contributed by atoms with Crippen molar-refractivity contribution in [1.29, 1.82) is 5.26 Å². The summed E-state index contributed by atoms with van der Waals surface area (Å²) in [6.45, 7) is 4.72. The second-order valence-corrected chi connectivity index (χ2v) is 9.37. The molecule has 2 aliphatic heterocycles. The lowest BCUT2D eigenvalue weighted by Crippen LogP contribution is -2.57. The maximum atomic E-state index is 13.2. The first-order valence-electron chi connectivity index (χ1n) is 11.6. The second kappa shape index (κ2) is 9.12. The zero-order valence-corrected chi connectivity index (χ0v) is 19.4. The van der Waals surface area contributed by atoms with Gasteiger partial charge in [0.05, 0.1) is 24.2 Å². The van der Waals surface area contributed by atoms with Crippen molar-refractivity contribution in [3.63, 3.8) is 0 Å². The standard InChI is InChI=1S/C24H32N6O3/c1-14(11-25)29(18-8-9-18)23(32)20(26)13-28-12-19-10-21(28)24(33)30(19)15(2)16-4-6-17(7-5-16)22(31)27-3/h4-7,14-15,18-21H,8-10,12-13,26H2,1-3H3,(H,27,31)/t14?,15?,19-,20?,21-/m0/s1. The zero-order valence-electron chi connectivity index (χ0n) is 19.4. The van der Waals surface area contributed by atoms with Crippen LogP contribution in [0.15, 0.2) is 24.3 Å². The first-order chi connectivity index (χ1) is 15.8. The van der Waals surface area contributed by atoms with E-state index in [1.54, 1.807) is 31.0 Å². The largest absolute Gasteiger partial charge is 0.355 e. The molecule has 3 N–H and O–H groups in total. The van der Waals surface area contributed by atoms with E-state index in [1.807, 2.05) is 28.9 Å². The molecule has 176 valence electrons. The third-order valence-corrected chi connectivity index (χ3v) is 7.16. The van der Waals surface area contributed by atoms with Crippen molar-refractivity contribution in [2.75, 3.05) is 20.1 Å². The Morgan fingerprint density at radius 2 is 1.94 bits per heavy atom. The van der Waals surface area contributed by atoms with E-state index in [1.165, 1.54) is 0 Å². The number of carbonyl (C=O) groups excluding carboxylic acids is 3. The van der Waals surface area contributed by atoms with Crippen LogP contribution in [0, 0.1) is 11.3 Å². The van der Waals surface area contributed by atoms with E-state index in [4.69, 9.17) is 5.73 Å². The van der Waals surface area contributed by atoms with Crippen LogP contribution in [0.3, 0.4) is 0 Å². The number of likely N-dealkylation sites (tertiary alicyclic amines) is 2. The van der Waals surface area contributed by atoms with E-state index in [0.29, 0.717) is 18.7 Å². The summed E-state index contributed by atoms with van der Waals surface area (Å²) in [5, 5.41) is 11.9. The molecule has 1 aromatic rings. The molecule has 0 aromatic heterocycles. The van der Waals surface area contributed by atoms with Crippen molar-refractivity contribution in [2.24, 2.45) is 5.73 Å². The molecule has 3 amide bonds. The minimum Gasteiger partial charge on any atom is -0.355 e. The van der Waals surface area contributed by atoms with Crippen LogP contribution in [-0.2, 0) is 9.59 Å². The van der Waals surface area contributed by atoms with Crippen molar-refractivity contribution in [2.45, 2.75) is 69.4 Å². The van der Waals surface area contributed by atoms with Crippen LogP contribution in [0.4, 0.5) is 0 Å². The number of piperazine rings is 1. The summed E-state index contributed by atoms with van der Waals surface area (Å²) in [5.74, 6) is -0.294. The molecule has 2 bridgehead atoms. The lowest BCUT2D eigenvalue weighted by Gasteiger charge is -2.38. The molecule has 2 heterocycles. The predicted molar refractivity (Wildman–Crippen MR) is 122 cm³/mol. The molecule has 1 saturated carbocycles. The molecule has 0 radical (unpaired) electrons. The lowest BCUT2D eigenvalue weighted by atomic mass is 10.0. The maximum Gasteiger partial charge on any atom is 0.251 e. The summed E-state index contributed by atoms with van der Waals surface area (Å²) in [4.78, 5) is 43.5. The molecule has 3 fully saturated rings. The Bertz CT molecular complexity index is 969. The van der Waals surface area contributed by atoms with Crippen LogP contribution in [0.1, 0.15) is 55.1 Å². The second-order valence-electron chi connectivity index (χ2n) is 9.37. The Balaban J connectivity index is 1.39. The van der Waals surface area contributed by atoms with Crippen LogP contribution in [0.5, 0.6) is 0 Å². The number of fused-ring (bicyclic) bond motifs is 2. The number of amides is 3. The third-order valence-electron chi connectivity index (χ3n) is 7.16. The average Bonchev–Trinajstić information content (AvgIpc) is 3.49. The molecule has 0 spiro atoms. The minimum absolute atomic E-state index is 0.0539. The van der Waals surface area contributed by atoms with Gasteiger partial charge in [0.15, 0.2) is 0 Å². The number of hydrogen-bond acceptors (Lipinski definition) is 6. The zero-order chi connectivity index (χ0) is 23.9. The number of hydrogen-bond donors (Lipinski definition) is 2. The highest BCUT2D eigenvalue weighted by atomic mass is 16.2. The van der Waals surface area contributed by atoms with Gasteiger partial charge in [-0.3, -0.25) is 19.3 Å². The fourth-order valence-corrected chi connectivity index (χ4v) is 5.24. The van der Waals surface area contributed by atoms with Gasteiger partial charge in [0.2, 0.25) is 11.8 Å². The van der Waals surface area contributed by atoms with Gasteiger partial charge in [0, 0.05) is 37.8 Å². The highest BCUT2D eigenvalue weighted by Crippen LogP contribution is 2.38. The van der Waals surface area contributed by atoms with Gasteiger partial charge < -0.3 is 20.9 Å². The highest BCUT2D eigenvalue weighted by molar-refractivity contribution is 5.94. The molecular formula is C24H32N6O3.